The highest BCUT2D eigenvalue weighted by Gasteiger charge is 2.16. The molecule has 2 N–H and O–H groups in total. The summed E-state index contributed by atoms with van der Waals surface area (Å²) in [6.07, 6.45) is 5.97. The molecule has 4 heterocycles. The molecule has 1 aromatic carbocycles. The number of hydrogen-bond donors (Lipinski definition) is 2. The Labute approximate surface area is 199 Å². The molecule has 34 heavy (non-hydrogen) atoms. The van der Waals surface area contributed by atoms with Crippen LogP contribution in [0.15, 0.2) is 42.6 Å². The molecule has 7 heteroatoms. The number of ketones is 1. The number of nitrogens with zero attached hydrogens (tertiary/aromatic N) is 3. The van der Waals surface area contributed by atoms with Crippen molar-refractivity contribution in [2.45, 2.75) is 39.5 Å². The van der Waals surface area contributed by atoms with E-state index in [1.165, 1.54) is 32.4 Å². The number of Topliss-reactive ketones (excluding diaryl/α,β-unsaturated/α-hetero) is 1. The van der Waals surface area contributed by atoms with E-state index in [1.54, 1.807) is 6.20 Å². The number of fused-ring (bicyclic) bond motifs is 1. The molecular formula is C27H31N5O2. The van der Waals surface area contributed by atoms with Gasteiger partial charge in [0.05, 0.1) is 0 Å². The molecule has 0 saturated carbocycles. The van der Waals surface area contributed by atoms with Crippen LogP contribution in [0.4, 0.5) is 0 Å². The lowest BCUT2D eigenvalue weighted by atomic mass is 10.0. The molecule has 5 rings (SSSR count). The lowest BCUT2D eigenvalue weighted by Gasteiger charge is -2.26. The SMILES string of the molecule is Cc1[nH]nc(C(=O)Cc2cnc3[nH]c(-c4cccc(OCCN5CCCCC5)c4)cc3c2)c1C. The third-order valence-corrected chi connectivity index (χ3v) is 6.68. The molecule has 176 valence electrons. The van der Waals surface area contributed by atoms with Crippen LogP contribution in [0.25, 0.3) is 22.3 Å². The van der Waals surface area contributed by atoms with Crippen LogP contribution in [-0.4, -0.2) is 57.1 Å². The summed E-state index contributed by atoms with van der Waals surface area (Å²) in [4.78, 5) is 23.1. The lowest BCUT2D eigenvalue weighted by molar-refractivity contribution is 0.0987. The fraction of sp³-hybridized carbons (Fsp3) is 0.370. The second kappa shape index (κ2) is 9.81. The van der Waals surface area contributed by atoms with Crippen molar-refractivity contribution in [2.24, 2.45) is 0 Å². The van der Waals surface area contributed by atoms with E-state index in [0.717, 1.165) is 51.4 Å². The molecule has 1 saturated heterocycles. The molecule has 1 fully saturated rings. The number of likely N-dealkylation sites (tertiary alicyclic amines) is 1. The molecule has 0 atom stereocenters. The van der Waals surface area contributed by atoms with Crippen LogP contribution >= 0.6 is 0 Å². The first-order valence-electron chi connectivity index (χ1n) is 12.0. The van der Waals surface area contributed by atoms with Gasteiger partial charge in [-0.2, -0.15) is 5.10 Å². The Morgan fingerprint density at radius 3 is 2.76 bits per heavy atom. The molecule has 0 amide bonds. The van der Waals surface area contributed by atoms with E-state index in [4.69, 9.17) is 4.74 Å². The molecule has 0 bridgehead atoms. The van der Waals surface area contributed by atoms with Gasteiger partial charge in [0.25, 0.3) is 0 Å². The van der Waals surface area contributed by atoms with Crippen molar-refractivity contribution in [1.29, 1.82) is 0 Å². The standard InChI is InChI=1S/C27H31N5O2/c1-18-19(2)30-31-26(18)25(33)14-20-13-22-16-24(29-27(22)28-17-20)21-7-6-8-23(15-21)34-12-11-32-9-4-3-5-10-32/h6-8,13,15-17H,3-5,9-12,14H2,1-2H3,(H,28,29)(H,30,31). The number of rotatable bonds is 8. The highest BCUT2D eigenvalue weighted by Crippen LogP contribution is 2.27. The van der Waals surface area contributed by atoms with Gasteiger partial charge in [-0.25, -0.2) is 4.98 Å². The maximum atomic E-state index is 12.7. The Morgan fingerprint density at radius 1 is 1.12 bits per heavy atom. The van der Waals surface area contributed by atoms with E-state index >= 15 is 0 Å². The predicted molar refractivity (Wildman–Crippen MR) is 133 cm³/mol. The van der Waals surface area contributed by atoms with Gasteiger partial charge in [-0.3, -0.25) is 14.8 Å². The number of nitrogens with one attached hydrogen (secondary N) is 2. The summed E-state index contributed by atoms with van der Waals surface area (Å²) in [5.41, 5.74) is 6.03. The maximum absolute atomic E-state index is 12.7. The average molecular weight is 458 g/mol. The van der Waals surface area contributed by atoms with E-state index in [9.17, 15) is 4.79 Å². The fourth-order valence-corrected chi connectivity index (χ4v) is 4.57. The maximum Gasteiger partial charge on any atom is 0.187 e. The lowest BCUT2D eigenvalue weighted by Crippen LogP contribution is -2.33. The third kappa shape index (κ3) is 4.89. The number of aryl methyl sites for hydroxylation is 1. The summed E-state index contributed by atoms with van der Waals surface area (Å²) in [7, 11) is 0. The topological polar surface area (TPSA) is 86.9 Å². The van der Waals surface area contributed by atoms with Crippen LogP contribution < -0.4 is 4.74 Å². The van der Waals surface area contributed by atoms with E-state index in [0.29, 0.717) is 12.3 Å². The molecule has 0 aliphatic carbocycles. The summed E-state index contributed by atoms with van der Waals surface area (Å²) < 4.78 is 6.04. The number of pyridine rings is 1. The van der Waals surface area contributed by atoms with Crippen molar-refractivity contribution in [2.75, 3.05) is 26.2 Å². The van der Waals surface area contributed by atoms with Crippen LogP contribution in [0.5, 0.6) is 5.75 Å². The van der Waals surface area contributed by atoms with Crippen molar-refractivity contribution in [3.05, 3.63) is 65.1 Å². The molecular weight excluding hydrogens is 426 g/mol. The number of benzene rings is 1. The van der Waals surface area contributed by atoms with E-state index in [-0.39, 0.29) is 12.2 Å². The summed E-state index contributed by atoms with van der Waals surface area (Å²) in [6, 6.07) is 12.2. The predicted octanol–water partition coefficient (Wildman–Crippen LogP) is 4.86. The summed E-state index contributed by atoms with van der Waals surface area (Å²) in [5.74, 6) is 0.866. The van der Waals surface area contributed by atoms with Crippen LogP contribution in [-0.2, 0) is 6.42 Å². The molecule has 0 spiro atoms. The number of carbonyl (C=O) groups is 1. The number of ether oxygens (including phenoxy) is 1. The first-order chi connectivity index (χ1) is 16.6. The van der Waals surface area contributed by atoms with Crippen molar-refractivity contribution >= 4 is 16.8 Å². The van der Waals surface area contributed by atoms with Crippen molar-refractivity contribution in [3.63, 3.8) is 0 Å². The minimum atomic E-state index is -0.00633. The van der Waals surface area contributed by atoms with Crippen LogP contribution in [0.2, 0.25) is 0 Å². The van der Waals surface area contributed by atoms with Gasteiger partial charge < -0.3 is 9.72 Å². The number of aromatic nitrogens is 4. The van der Waals surface area contributed by atoms with Gasteiger partial charge in [-0.05, 0) is 69.6 Å². The molecule has 1 aliphatic heterocycles. The Kier molecular flexibility index (Phi) is 6.45. The highest BCUT2D eigenvalue weighted by atomic mass is 16.5. The Bertz CT molecular complexity index is 1300. The van der Waals surface area contributed by atoms with Gasteiger partial charge in [-0.15, -0.1) is 0 Å². The zero-order chi connectivity index (χ0) is 23.5. The van der Waals surface area contributed by atoms with Gasteiger partial charge in [0.1, 0.15) is 23.7 Å². The zero-order valence-electron chi connectivity index (χ0n) is 19.9. The minimum Gasteiger partial charge on any atom is -0.492 e. The average Bonchev–Trinajstić information content (AvgIpc) is 3.43. The van der Waals surface area contributed by atoms with Crippen LogP contribution in [0, 0.1) is 13.8 Å². The van der Waals surface area contributed by atoms with Gasteiger partial charge in [0.15, 0.2) is 5.78 Å². The van der Waals surface area contributed by atoms with Crippen molar-refractivity contribution in [3.8, 4) is 17.0 Å². The highest BCUT2D eigenvalue weighted by molar-refractivity contribution is 5.97. The van der Waals surface area contributed by atoms with Crippen LogP contribution in [0.1, 0.15) is 46.6 Å². The van der Waals surface area contributed by atoms with Crippen molar-refractivity contribution < 1.29 is 9.53 Å². The van der Waals surface area contributed by atoms with E-state index < -0.39 is 0 Å². The largest absolute Gasteiger partial charge is 0.492 e. The van der Waals surface area contributed by atoms with Gasteiger partial charge in [0, 0.05) is 47.1 Å². The number of piperidine rings is 1. The summed E-state index contributed by atoms with van der Waals surface area (Å²) >= 11 is 0. The van der Waals surface area contributed by atoms with Crippen molar-refractivity contribution in [1.82, 2.24) is 25.1 Å². The quantitative estimate of drug-likeness (QED) is 0.369. The second-order valence-electron chi connectivity index (χ2n) is 9.17. The van der Waals surface area contributed by atoms with Gasteiger partial charge in [-0.1, -0.05) is 18.6 Å². The number of H-pyrrole nitrogens is 2. The van der Waals surface area contributed by atoms with Gasteiger partial charge >= 0.3 is 0 Å². The molecule has 0 unspecified atom stereocenters. The molecule has 7 nitrogen and oxygen atoms in total. The minimum absolute atomic E-state index is 0.00633. The molecule has 3 aromatic heterocycles. The van der Waals surface area contributed by atoms with E-state index in [1.807, 2.05) is 32.0 Å². The third-order valence-electron chi connectivity index (χ3n) is 6.68. The molecule has 1 aliphatic rings. The Morgan fingerprint density at radius 2 is 1.97 bits per heavy atom. The summed E-state index contributed by atoms with van der Waals surface area (Å²) in [6.45, 7) is 7.86. The monoisotopic (exact) mass is 457 g/mol. The first kappa shape index (κ1) is 22.3. The molecule has 0 radical (unpaired) electrons. The van der Waals surface area contributed by atoms with Crippen LogP contribution in [0.3, 0.4) is 0 Å². The number of aromatic amines is 2. The summed E-state index contributed by atoms with van der Waals surface area (Å²) in [5, 5.41) is 8.02. The fourth-order valence-electron chi connectivity index (χ4n) is 4.57. The Hall–Kier alpha value is -3.45. The molecule has 4 aromatic rings. The number of carbonyl (C=O) groups excluding carboxylic acids is 1. The first-order valence-corrected chi connectivity index (χ1v) is 12.0. The smallest absolute Gasteiger partial charge is 0.187 e. The van der Waals surface area contributed by atoms with E-state index in [2.05, 4.69) is 43.3 Å². The Balaban J connectivity index is 1.27. The number of hydrogen-bond acceptors (Lipinski definition) is 5. The van der Waals surface area contributed by atoms with Gasteiger partial charge in [0.2, 0.25) is 0 Å². The second-order valence-corrected chi connectivity index (χ2v) is 9.17. The normalized spacial score (nSPS) is 14.5. The zero-order valence-corrected chi connectivity index (χ0v) is 19.9.